The highest BCUT2D eigenvalue weighted by atomic mass is 19.5. The van der Waals surface area contributed by atoms with Gasteiger partial charge < -0.3 is 22.0 Å². The van der Waals surface area contributed by atoms with E-state index >= 15 is 0 Å². The summed E-state index contributed by atoms with van der Waals surface area (Å²) in [6.07, 6.45) is 0. The average Bonchev–Trinajstić information content (AvgIpc) is 2.16. The summed E-state index contributed by atoms with van der Waals surface area (Å²) in [6.45, 7) is 4.55. The lowest BCUT2D eigenvalue weighted by Gasteiger charge is -2.02. The van der Waals surface area contributed by atoms with Gasteiger partial charge in [-0.15, -0.1) is 0 Å². The van der Waals surface area contributed by atoms with Crippen LogP contribution >= 0.6 is 0 Å². The van der Waals surface area contributed by atoms with Crippen LogP contribution in [0.5, 0.6) is 0 Å². The third-order valence-electron chi connectivity index (χ3n) is 1.71. The van der Waals surface area contributed by atoms with Crippen LogP contribution in [0.15, 0.2) is 24.3 Å². The molecule has 0 aromatic heterocycles. The van der Waals surface area contributed by atoms with Gasteiger partial charge in [-0.05, 0) is 25.5 Å². The lowest BCUT2D eigenvalue weighted by Crippen LogP contribution is -2.42. The summed E-state index contributed by atoms with van der Waals surface area (Å²) in [5.41, 5.74) is 2.13. The van der Waals surface area contributed by atoms with Gasteiger partial charge in [0.25, 0.3) is 0 Å². The van der Waals surface area contributed by atoms with Gasteiger partial charge in [-0.3, -0.25) is 0 Å². The van der Waals surface area contributed by atoms with Crippen molar-refractivity contribution in [1.29, 1.82) is 0 Å². The molecule has 0 aliphatic rings. The fourth-order valence-electron chi connectivity index (χ4n) is 1.08. The number of ether oxygens (including phenoxy) is 1. The number of hydrogen-bond acceptors (Lipinski definition) is 1. The molecule has 2 nitrogen and oxygen atoms in total. The number of nitrogens with two attached hydrogens (primary N) is 1. The van der Waals surface area contributed by atoms with E-state index in [1.54, 1.807) is 0 Å². The lowest BCUT2D eigenvalue weighted by atomic mass is 10.1. The van der Waals surface area contributed by atoms with Gasteiger partial charge in [0.1, 0.15) is 0 Å². The molecule has 1 aromatic carbocycles. The Morgan fingerprint density at radius 1 is 1.24 bits per heavy atom. The van der Waals surface area contributed by atoms with E-state index in [4.69, 9.17) is 10.1 Å². The molecule has 0 bridgehead atoms. The number of hydrogen-bond donors (Lipinski definition) is 1. The van der Waals surface area contributed by atoms with Gasteiger partial charge in [0.05, 0.1) is 12.2 Å². The molecule has 0 heterocycles. The van der Waals surface area contributed by atoms with Gasteiger partial charge in [0, 0.05) is 0 Å². The fourth-order valence-corrected chi connectivity index (χ4v) is 1.08. The molecule has 0 atom stereocenters. The normalized spacial score (nSPS) is 10.2. The molecule has 1 aromatic rings. The smallest absolute Gasteiger partial charge is 0.445 e. The maximum Gasteiger partial charge on any atom is 0.673 e. The topological polar surface area (TPSA) is 34.8 Å². The summed E-state index contributed by atoms with van der Waals surface area (Å²) in [5, 5.41) is 5.70. The monoisotopic (exact) mass is 251 g/mol. The Labute approximate surface area is 97.2 Å². The molecule has 0 spiro atoms. The lowest BCUT2D eigenvalue weighted by molar-refractivity contribution is -0.138. The Bertz CT molecular complexity index is 362. The molecule has 7 heteroatoms. The van der Waals surface area contributed by atoms with E-state index in [9.17, 15) is 17.3 Å². The van der Waals surface area contributed by atoms with E-state index in [1.165, 1.54) is 0 Å². The Balaban J connectivity index is 0.000000437. The summed E-state index contributed by atoms with van der Waals surface area (Å²) >= 11 is 0. The largest absolute Gasteiger partial charge is 0.673 e. The molecule has 1 rings (SSSR count). The van der Waals surface area contributed by atoms with Crippen molar-refractivity contribution in [2.75, 3.05) is 6.61 Å². The zero-order valence-electron chi connectivity index (χ0n) is 9.59. The minimum atomic E-state index is -6.00. The second-order valence-electron chi connectivity index (χ2n) is 3.11. The van der Waals surface area contributed by atoms with Gasteiger partial charge in [-0.25, -0.2) is 5.41 Å². The van der Waals surface area contributed by atoms with Gasteiger partial charge in [0.15, 0.2) is 0 Å². The predicted octanol–water partition coefficient (Wildman–Crippen LogP) is 1.84. The summed E-state index contributed by atoms with van der Waals surface area (Å²) < 4.78 is 44.2. The quantitative estimate of drug-likeness (QED) is 0.370. The van der Waals surface area contributed by atoms with E-state index in [-0.39, 0.29) is 0 Å². The highest BCUT2D eigenvalue weighted by molar-refractivity contribution is 6.50. The van der Waals surface area contributed by atoms with Crippen LogP contribution in [-0.4, -0.2) is 19.8 Å². The van der Waals surface area contributed by atoms with E-state index in [1.807, 2.05) is 38.1 Å². The zero-order chi connectivity index (χ0) is 13.5. The highest BCUT2D eigenvalue weighted by Crippen LogP contribution is 2.07. The van der Waals surface area contributed by atoms with Crippen LogP contribution in [-0.2, 0) is 4.74 Å². The van der Waals surface area contributed by atoms with Crippen LogP contribution in [0, 0.1) is 6.92 Å². The first-order chi connectivity index (χ1) is 7.75. The van der Waals surface area contributed by atoms with E-state index in [0.717, 1.165) is 11.1 Å². The van der Waals surface area contributed by atoms with Gasteiger partial charge in [0.2, 0.25) is 0 Å². The number of aryl methyl sites for hydroxylation is 1. The van der Waals surface area contributed by atoms with Gasteiger partial charge in [-0.2, -0.15) is 0 Å². The van der Waals surface area contributed by atoms with Crippen molar-refractivity contribution in [1.82, 2.24) is 0 Å². The number of rotatable bonds is 2. The standard InChI is InChI=1S/C10H13NO.BF4/c1-3-12-10(11)9-7-5-4-6-8(9)2;2-1(3,4)5/h4-7,11H,3H2,1-2H3;/q;-1/p+1. The van der Waals surface area contributed by atoms with Crippen molar-refractivity contribution in [2.45, 2.75) is 13.8 Å². The van der Waals surface area contributed by atoms with E-state index in [0.29, 0.717) is 12.5 Å². The molecule has 0 fully saturated rings. The molecule has 96 valence electrons. The first-order valence-corrected chi connectivity index (χ1v) is 4.94. The zero-order valence-corrected chi connectivity index (χ0v) is 9.59. The molecular formula is C10H14BF4NO. The summed E-state index contributed by atoms with van der Waals surface area (Å²) in [4.78, 5) is 0. The average molecular weight is 251 g/mol. The molecule has 2 N–H and O–H groups in total. The first-order valence-electron chi connectivity index (χ1n) is 4.94. The predicted molar refractivity (Wildman–Crippen MR) is 59.0 cm³/mol. The van der Waals surface area contributed by atoms with Crippen LogP contribution in [0.4, 0.5) is 17.3 Å². The second kappa shape index (κ2) is 6.93. The van der Waals surface area contributed by atoms with E-state index in [2.05, 4.69) is 0 Å². The molecular weight excluding hydrogens is 237 g/mol. The van der Waals surface area contributed by atoms with Crippen molar-refractivity contribution in [3.8, 4) is 0 Å². The number of halogens is 4. The van der Waals surface area contributed by atoms with Crippen molar-refractivity contribution in [3.05, 3.63) is 35.4 Å². The first kappa shape index (κ1) is 15.5. The van der Waals surface area contributed by atoms with Crippen LogP contribution in [0.25, 0.3) is 0 Å². The minimum Gasteiger partial charge on any atom is -0.445 e. The third-order valence-corrected chi connectivity index (χ3v) is 1.71. The Morgan fingerprint density at radius 3 is 2.12 bits per heavy atom. The van der Waals surface area contributed by atoms with Gasteiger partial charge >= 0.3 is 13.2 Å². The van der Waals surface area contributed by atoms with Crippen LogP contribution in [0.1, 0.15) is 18.1 Å². The Hall–Kier alpha value is -1.53. The molecule has 0 aliphatic heterocycles. The van der Waals surface area contributed by atoms with Crippen LogP contribution in [0.2, 0.25) is 0 Å². The third kappa shape index (κ3) is 8.30. The molecule has 17 heavy (non-hydrogen) atoms. The van der Waals surface area contributed by atoms with Crippen molar-refractivity contribution >= 4 is 13.2 Å². The Kier molecular flexibility index (Phi) is 6.31. The molecule has 0 radical (unpaired) electrons. The molecule has 0 unspecified atom stereocenters. The van der Waals surface area contributed by atoms with Crippen molar-refractivity contribution in [3.63, 3.8) is 0 Å². The van der Waals surface area contributed by atoms with Crippen LogP contribution in [0.3, 0.4) is 0 Å². The highest BCUT2D eigenvalue weighted by Gasteiger charge is 2.20. The second-order valence-corrected chi connectivity index (χ2v) is 3.11. The molecule has 0 amide bonds. The summed E-state index contributed by atoms with van der Waals surface area (Å²) in [7, 11) is -6.00. The van der Waals surface area contributed by atoms with Crippen molar-refractivity contribution in [2.24, 2.45) is 0 Å². The van der Waals surface area contributed by atoms with Crippen LogP contribution < -0.4 is 5.41 Å². The maximum atomic E-state index is 9.75. The molecule has 0 saturated heterocycles. The Morgan fingerprint density at radius 2 is 1.71 bits per heavy atom. The maximum absolute atomic E-state index is 9.75. The molecule has 0 aliphatic carbocycles. The van der Waals surface area contributed by atoms with E-state index < -0.39 is 7.25 Å². The molecule has 0 saturated carbocycles. The summed E-state index contributed by atoms with van der Waals surface area (Å²) in [6, 6.07) is 7.91. The SMILES string of the molecule is CCOC(=[NH2+])c1ccccc1C.F[B-](F)(F)F. The minimum absolute atomic E-state index is 0.510. The number of benzene rings is 1. The van der Waals surface area contributed by atoms with Gasteiger partial charge in [-0.1, -0.05) is 18.2 Å². The van der Waals surface area contributed by atoms with Crippen molar-refractivity contribution < 1.29 is 27.4 Å². The fraction of sp³-hybridized carbons (Fsp3) is 0.300. The summed E-state index contributed by atoms with van der Waals surface area (Å²) in [5.74, 6) is 0.510.